The predicted octanol–water partition coefficient (Wildman–Crippen LogP) is 3.01. The third kappa shape index (κ3) is 4.21. The molecule has 4 rings (SSSR count). The molecule has 27 heavy (non-hydrogen) atoms. The van der Waals surface area contributed by atoms with Crippen molar-refractivity contribution < 1.29 is 4.79 Å². The Morgan fingerprint density at radius 1 is 1.19 bits per heavy atom. The molecule has 1 aliphatic carbocycles. The second-order valence-electron chi connectivity index (χ2n) is 6.93. The number of rotatable bonds is 5. The second-order valence-corrected chi connectivity index (χ2v) is 7.99. The van der Waals surface area contributed by atoms with Gasteiger partial charge in [-0.3, -0.25) is 19.5 Å². The highest BCUT2D eigenvalue weighted by Gasteiger charge is 2.17. The molecule has 2 heterocycles. The van der Waals surface area contributed by atoms with Crippen LogP contribution in [0.25, 0.3) is 11.0 Å². The maximum atomic E-state index is 12.4. The minimum Gasteiger partial charge on any atom is -0.299 e. The molecule has 1 aromatic carbocycles. The molecule has 3 aromatic rings. The van der Waals surface area contributed by atoms with Crippen molar-refractivity contribution in [2.75, 3.05) is 5.32 Å². The summed E-state index contributed by atoms with van der Waals surface area (Å²) >= 11 is 1.42. The van der Waals surface area contributed by atoms with Gasteiger partial charge in [0.2, 0.25) is 11.0 Å². The van der Waals surface area contributed by atoms with Crippen molar-refractivity contribution in [3.05, 3.63) is 45.8 Å². The molecule has 1 N–H and O–H groups in total. The number of fused-ring (bicyclic) bond motifs is 1. The molecule has 1 aliphatic rings. The van der Waals surface area contributed by atoms with E-state index in [9.17, 15) is 9.59 Å². The number of carbonyl (C=O) groups is 1. The maximum Gasteiger partial charge on any atom is 0.269 e. The number of anilines is 1. The number of benzene rings is 1. The number of amides is 1. The van der Waals surface area contributed by atoms with Crippen LogP contribution >= 0.6 is 11.3 Å². The number of para-hydroxylation sites is 2. The molecule has 0 unspecified atom stereocenters. The van der Waals surface area contributed by atoms with E-state index in [4.69, 9.17) is 0 Å². The minimum absolute atomic E-state index is 0.0839. The topological polar surface area (TPSA) is 89.8 Å². The van der Waals surface area contributed by atoms with Crippen LogP contribution in [0.3, 0.4) is 0 Å². The fraction of sp³-hybridized carbons (Fsp3) is 0.421. The highest BCUT2D eigenvalue weighted by molar-refractivity contribution is 7.15. The van der Waals surface area contributed by atoms with Gasteiger partial charge in [0.05, 0.1) is 17.2 Å². The molecular weight excluding hydrogens is 362 g/mol. The maximum absolute atomic E-state index is 12.4. The van der Waals surface area contributed by atoms with E-state index in [0.717, 1.165) is 11.4 Å². The second kappa shape index (κ2) is 7.96. The summed E-state index contributed by atoms with van der Waals surface area (Å²) in [4.78, 5) is 28.7. The van der Waals surface area contributed by atoms with Gasteiger partial charge in [-0.1, -0.05) is 55.6 Å². The Bertz CT molecular complexity index is 1010. The number of nitrogens with one attached hydrogen (secondary N) is 1. The van der Waals surface area contributed by atoms with E-state index in [1.807, 2.05) is 18.2 Å². The average Bonchev–Trinajstić information content (AvgIpc) is 3.11. The first-order valence-electron chi connectivity index (χ1n) is 9.26. The molecule has 0 atom stereocenters. The van der Waals surface area contributed by atoms with Crippen molar-refractivity contribution in [2.24, 2.45) is 5.92 Å². The lowest BCUT2D eigenvalue weighted by Crippen LogP contribution is -2.27. The molecule has 8 heteroatoms. The van der Waals surface area contributed by atoms with Gasteiger partial charge in [-0.25, -0.2) is 4.98 Å². The largest absolute Gasteiger partial charge is 0.299 e. The molecule has 0 radical (unpaired) electrons. The Morgan fingerprint density at radius 2 is 2.00 bits per heavy atom. The Balaban J connectivity index is 1.43. The Hall–Kier alpha value is -2.61. The van der Waals surface area contributed by atoms with Crippen LogP contribution in [0.5, 0.6) is 0 Å². The molecular formula is C19H21N5O2S. The van der Waals surface area contributed by atoms with Gasteiger partial charge in [0.25, 0.3) is 5.56 Å². The SMILES string of the molecule is O=C(Cn1c(=O)cnc2ccccc21)Nc1nnc(CC2CCCCC2)s1. The van der Waals surface area contributed by atoms with Crippen LogP contribution in [0.2, 0.25) is 0 Å². The van der Waals surface area contributed by atoms with E-state index in [2.05, 4.69) is 20.5 Å². The number of hydrogen-bond donors (Lipinski definition) is 1. The lowest BCUT2D eigenvalue weighted by atomic mass is 9.87. The lowest BCUT2D eigenvalue weighted by molar-refractivity contribution is -0.116. The summed E-state index contributed by atoms with van der Waals surface area (Å²) < 4.78 is 1.42. The monoisotopic (exact) mass is 383 g/mol. The molecule has 2 aromatic heterocycles. The van der Waals surface area contributed by atoms with Crippen molar-refractivity contribution in [1.82, 2.24) is 19.7 Å². The van der Waals surface area contributed by atoms with Gasteiger partial charge in [0, 0.05) is 6.42 Å². The molecule has 0 bridgehead atoms. The molecule has 1 amide bonds. The number of hydrogen-bond acceptors (Lipinski definition) is 6. The first-order chi connectivity index (χ1) is 13.2. The van der Waals surface area contributed by atoms with Gasteiger partial charge < -0.3 is 0 Å². The number of carbonyl (C=O) groups excluding carboxylic acids is 1. The van der Waals surface area contributed by atoms with Gasteiger partial charge in [-0.15, -0.1) is 10.2 Å². The smallest absolute Gasteiger partial charge is 0.269 e. The summed E-state index contributed by atoms with van der Waals surface area (Å²) in [7, 11) is 0. The third-order valence-corrected chi connectivity index (χ3v) is 5.82. The van der Waals surface area contributed by atoms with Gasteiger partial charge in [-0.05, 0) is 18.1 Å². The third-order valence-electron chi connectivity index (χ3n) is 4.96. The van der Waals surface area contributed by atoms with E-state index in [1.165, 1.54) is 54.2 Å². The van der Waals surface area contributed by atoms with Gasteiger partial charge >= 0.3 is 0 Å². The van der Waals surface area contributed by atoms with Crippen molar-refractivity contribution >= 4 is 33.4 Å². The van der Waals surface area contributed by atoms with Gasteiger partial charge in [0.15, 0.2) is 0 Å². The quantitative estimate of drug-likeness (QED) is 0.731. The predicted molar refractivity (Wildman–Crippen MR) is 105 cm³/mol. The van der Waals surface area contributed by atoms with Crippen LogP contribution in [-0.2, 0) is 17.8 Å². The highest BCUT2D eigenvalue weighted by Crippen LogP contribution is 2.28. The summed E-state index contributed by atoms with van der Waals surface area (Å²) in [5.74, 6) is 0.380. The molecule has 140 valence electrons. The molecule has 7 nitrogen and oxygen atoms in total. The standard InChI is InChI=1S/C19H21N5O2S/c25-16(12-24-15-9-5-4-8-14(15)20-11-18(24)26)21-19-23-22-17(27-19)10-13-6-2-1-3-7-13/h4-5,8-9,11,13H,1-3,6-7,10,12H2,(H,21,23,25). The molecule has 0 saturated heterocycles. The van der Waals surface area contributed by atoms with Crippen LogP contribution in [0, 0.1) is 5.92 Å². The van der Waals surface area contributed by atoms with Crippen molar-refractivity contribution in [3.8, 4) is 0 Å². The molecule has 1 saturated carbocycles. The van der Waals surface area contributed by atoms with Crippen molar-refractivity contribution in [3.63, 3.8) is 0 Å². The van der Waals surface area contributed by atoms with E-state index < -0.39 is 0 Å². The van der Waals surface area contributed by atoms with E-state index in [1.54, 1.807) is 6.07 Å². The zero-order chi connectivity index (χ0) is 18.6. The molecule has 0 aliphatic heterocycles. The Kier molecular flexibility index (Phi) is 5.24. The van der Waals surface area contributed by atoms with Crippen LogP contribution in [0.1, 0.15) is 37.1 Å². The zero-order valence-electron chi connectivity index (χ0n) is 14.9. The fourth-order valence-electron chi connectivity index (χ4n) is 3.61. The normalized spacial score (nSPS) is 15.1. The van der Waals surface area contributed by atoms with Crippen molar-refractivity contribution in [1.29, 1.82) is 0 Å². The summed E-state index contributed by atoms with van der Waals surface area (Å²) in [6.45, 7) is -0.0839. The lowest BCUT2D eigenvalue weighted by Gasteiger charge is -2.19. The van der Waals surface area contributed by atoms with Crippen LogP contribution in [0.4, 0.5) is 5.13 Å². The fourth-order valence-corrected chi connectivity index (χ4v) is 4.48. The Labute approximate surface area is 160 Å². The summed E-state index contributed by atoms with van der Waals surface area (Å²) in [6.07, 6.45) is 8.59. The number of aromatic nitrogens is 4. The van der Waals surface area contributed by atoms with Crippen LogP contribution in [-0.4, -0.2) is 25.7 Å². The van der Waals surface area contributed by atoms with Gasteiger partial charge in [-0.2, -0.15) is 0 Å². The van der Waals surface area contributed by atoms with Crippen LogP contribution in [0.15, 0.2) is 35.3 Å². The van der Waals surface area contributed by atoms with Crippen molar-refractivity contribution in [2.45, 2.75) is 45.1 Å². The van der Waals surface area contributed by atoms with Crippen LogP contribution < -0.4 is 10.9 Å². The van der Waals surface area contributed by atoms with E-state index in [-0.39, 0.29) is 18.0 Å². The van der Waals surface area contributed by atoms with E-state index >= 15 is 0 Å². The highest BCUT2D eigenvalue weighted by atomic mass is 32.1. The summed E-state index contributed by atoms with van der Waals surface area (Å²) in [5, 5.41) is 12.5. The molecule has 0 spiro atoms. The number of nitrogens with zero attached hydrogens (tertiary/aromatic N) is 4. The van der Waals surface area contributed by atoms with E-state index in [0.29, 0.717) is 22.1 Å². The first-order valence-corrected chi connectivity index (χ1v) is 10.1. The zero-order valence-corrected chi connectivity index (χ0v) is 15.7. The van der Waals surface area contributed by atoms with Gasteiger partial charge in [0.1, 0.15) is 11.6 Å². The minimum atomic E-state index is -0.306. The Morgan fingerprint density at radius 3 is 2.85 bits per heavy atom. The average molecular weight is 383 g/mol. The summed E-state index contributed by atoms with van der Waals surface area (Å²) in [5.41, 5.74) is 1.00. The first kappa shape index (κ1) is 17.8. The summed E-state index contributed by atoms with van der Waals surface area (Å²) in [6, 6.07) is 7.26. The molecule has 1 fully saturated rings.